The number of H-pyrrole nitrogens is 1. The normalized spacial score (nSPS) is 14.9. The lowest BCUT2D eigenvalue weighted by atomic mass is 10.1. The summed E-state index contributed by atoms with van der Waals surface area (Å²) in [7, 11) is 2.98. The molecule has 0 radical (unpaired) electrons. The number of methoxy groups -OCH3 is 1. The molecular formula is C21H26N6O4. The maximum Gasteiger partial charge on any atom is 0.329 e. The van der Waals surface area contributed by atoms with Crippen molar-refractivity contribution in [1.82, 2.24) is 24.0 Å². The van der Waals surface area contributed by atoms with E-state index in [2.05, 4.69) is 9.88 Å². The molecule has 0 atom stereocenters. The van der Waals surface area contributed by atoms with E-state index in [-0.39, 0.29) is 12.5 Å². The number of piperazine rings is 1. The Morgan fingerprint density at radius 1 is 1.13 bits per heavy atom. The molecule has 0 bridgehead atoms. The van der Waals surface area contributed by atoms with E-state index < -0.39 is 11.2 Å². The molecule has 10 heteroatoms. The second-order valence-corrected chi connectivity index (χ2v) is 7.81. The van der Waals surface area contributed by atoms with E-state index in [9.17, 15) is 14.4 Å². The van der Waals surface area contributed by atoms with Crippen LogP contribution in [-0.2, 0) is 23.1 Å². The average molecular weight is 426 g/mol. The maximum atomic E-state index is 12.7. The van der Waals surface area contributed by atoms with E-state index in [0.29, 0.717) is 49.8 Å². The van der Waals surface area contributed by atoms with Crippen LogP contribution >= 0.6 is 0 Å². The van der Waals surface area contributed by atoms with Gasteiger partial charge in [-0.25, -0.2) is 4.79 Å². The van der Waals surface area contributed by atoms with Gasteiger partial charge in [-0.2, -0.15) is 4.98 Å². The Hall–Kier alpha value is -3.40. The number of aromatic nitrogens is 4. The van der Waals surface area contributed by atoms with E-state index in [1.54, 1.807) is 7.05 Å². The minimum atomic E-state index is -0.494. The molecule has 1 aromatic carbocycles. The van der Waals surface area contributed by atoms with Crippen LogP contribution in [0.5, 0.6) is 0 Å². The van der Waals surface area contributed by atoms with Crippen molar-refractivity contribution >= 4 is 23.1 Å². The third-order valence-electron chi connectivity index (χ3n) is 5.68. The number of imidazole rings is 1. The van der Waals surface area contributed by atoms with E-state index in [0.717, 1.165) is 11.1 Å². The second-order valence-electron chi connectivity index (χ2n) is 7.81. The van der Waals surface area contributed by atoms with Crippen LogP contribution in [0, 0.1) is 6.92 Å². The number of nitrogens with zero attached hydrogens (tertiary/aromatic N) is 5. The van der Waals surface area contributed by atoms with Crippen molar-refractivity contribution in [3.8, 4) is 0 Å². The average Bonchev–Trinajstić information content (AvgIpc) is 3.14. The van der Waals surface area contributed by atoms with Crippen LogP contribution in [-0.4, -0.2) is 69.8 Å². The Labute approximate surface area is 178 Å². The molecule has 1 N–H and O–H groups in total. The van der Waals surface area contributed by atoms with Gasteiger partial charge in [-0.05, 0) is 12.5 Å². The van der Waals surface area contributed by atoms with Crippen LogP contribution in [0.25, 0.3) is 11.2 Å². The summed E-state index contributed by atoms with van der Waals surface area (Å²) >= 11 is 0. The summed E-state index contributed by atoms with van der Waals surface area (Å²) in [6.45, 7) is 5.33. The van der Waals surface area contributed by atoms with E-state index in [1.807, 2.05) is 40.7 Å². The first-order valence-electron chi connectivity index (χ1n) is 10.2. The van der Waals surface area contributed by atoms with Gasteiger partial charge in [-0.3, -0.25) is 28.6 Å². The van der Waals surface area contributed by atoms with Gasteiger partial charge in [0.1, 0.15) is 0 Å². The number of carbonyl (C=O) groups is 1. The van der Waals surface area contributed by atoms with Gasteiger partial charge in [0.25, 0.3) is 5.56 Å². The summed E-state index contributed by atoms with van der Waals surface area (Å²) in [5.41, 5.74) is 1.97. The van der Waals surface area contributed by atoms with Crippen molar-refractivity contribution in [2.75, 3.05) is 44.7 Å². The van der Waals surface area contributed by atoms with Crippen LogP contribution in [0.2, 0.25) is 0 Å². The van der Waals surface area contributed by atoms with Gasteiger partial charge in [-0.15, -0.1) is 0 Å². The van der Waals surface area contributed by atoms with Crippen molar-refractivity contribution < 1.29 is 9.53 Å². The highest BCUT2D eigenvalue weighted by Crippen LogP contribution is 2.22. The van der Waals surface area contributed by atoms with Gasteiger partial charge in [0.2, 0.25) is 5.95 Å². The van der Waals surface area contributed by atoms with E-state index in [1.165, 1.54) is 11.7 Å². The van der Waals surface area contributed by atoms with Crippen molar-refractivity contribution in [3.63, 3.8) is 0 Å². The molecule has 1 saturated heterocycles. The first kappa shape index (κ1) is 20.9. The molecular weight excluding hydrogens is 400 g/mol. The number of hydrogen-bond acceptors (Lipinski definition) is 7. The summed E-state index contributed by atoms with van der Waals surface area (Å²) in [6.07, 6.45) is 0. The molecule has 0 saturated carbocycles. The lowest BCUT2D eigenvalue weighted by Gasteiger charge is -2.34. The quantitative estimate of drug-likeness (QED) is 0.576. The second kappa shape index (κ2) is 8.38. The Morgan fingerprint density at radius 2 is 1.81 bits per heavy atom. The minimum absolute atomic E-state index is 0.248. The summed E-state index contributed by atoms with van der Waals surface area (Å²) < 4.78 is 7.98. The molecule has 1 fully saturated rings. The largest absolute Gasteiger partial charge is 0.468 e. The van der Waals surface area contributed by atoms with E-state index in [4.69, 9.17) is 9.72 Å². The molecule has 3 heterocycles. The maximum absolute atomic E-state index is 12.7. The zero-order valence-corrected chi connectivity index (χ0v) is 17.9. The predicted molar refractivity (Wildman–Crippen MR) is 117 cm³/mol. The third-order valence-corrected chi connectivity index (χ3v) is 5.68. The van der Waals surface area contributed by atoms with E-state index >= 15 is 0 Å². The Morgan fingerprint density at radius 3 is 2.45 bits per heavy atom. The number of rotatable bonds is 5. The zero-order chi connectivity index (χ0) is 22.1. The Bertz CT molecular complexity index is 1220. The summed E-state index contributed by atoms with van der Waals surface area (Å²) in [5, 5.41) is 0. The third kappa shape index (κ3) is 4.11. The zero-order valence-electron chi connectivity index (χ0n) is 17.9. The Kier molecular flexibility index (Phi) is 5.64. The summed E-state index contributed by atoms with van der Waals surface area (Å²) in [4.78, 5) is 47.6. The van der Waals surface area contributed by atoms with Crippen LogP contribution in [0.4, 0.5) is 5.95 Å². The lowest BCUT2D eigenvalue weighted by molar-refractivity contribution is -0.142. The molecule has 0 aliphatic carbocycles. The first-order valence-corrected chi connectivity index (χ1v) is 10.2. The minimum Gasteiger partial charge on any atom is -0.468 e. The molecule has 1 aliphatic heterocycles. The standard InChI is InChI=1S/C21H26N6O4/c1-14-4-6-15(7-5-14)12-27-17-18(24(2)21(30)23-19(17)29)22-20(27)26-10-8-25(9-11-26)13-16(28)31-3/h4-7H,8-13H2,1-3H3,(H,23,29,30). The molecule has 4 rings (SSSR count). The fourth-order valence-electron chi connectivity index (χ4n) is 3.84. The molecule has 2 aromatic heterocycles. The molecule has 0 unspecified atom stereocenters. The van der Waals surface area contributed by atoms with Gasteiger partial charge >= 0.3 is 11.7 Å². The number of ether oxygens (including phenoxy) is 1. The number of benzene rings is 1. The van der Waals surface area contributed by atoms with Gasteiger partial charge in [-0.1, -0.05) is 29.8 Å². The number of carbonyl (C=O) groups excluding carboxylic acids is 1. The van der Waals surface area contributed by atoms with Gasteiger partial charge in [0, 0.05) is 33.2 Å². The molecule has 3 aromatic rings. The van der Waals surface area contributed by atoms with Crippen molar-refractivity contribution in [3.05, 3.63) is 56.2 Å². The number of hydrogen-bond donors (Lipinski definition) is 1. The molecule has 164 valence electrons. The Balaban J connectivity index is 1.72. The highest BCUT2D eigenvalue weighted by molar-refractivity contribution is 5.75. The molecule has 0 amide bonds. The predicted octanol–water partition coefficient (Wildman–Crippen LogP) is 0.0750. The summed E-state index contributed by atoms with van der Waals surface area (Å²) in [5.74, 6) is 0.376. The number of esters is 1. The number of aromatic amines is 1. The highest BCUT2D eigenvalue weighted by atomic mass is 16.5. The van der Waals surface area contributed by atoms with Gasteiger partial charge < -0.3 is 9.64 Å². The van der Waals surface area contributed by atoms with Crippen LogP contribution < -0.4 is 16.1 Å². The number of aryl methyl sites for hydroxylation is 2. The van der Waals surface area contributed by atoms with Crippen molar-refractivity contribution in [1.29, 1.82) is 0 Å². The smallest absolute Gasteiger partial charge is 0.329 e. The number of fused-ring (bicyclic) bond motifs is 1. The van der Waals surface area contributed by atoms with Crippen LogP contribution in [0.1, 0.15) is 11.1 Å². The lowest BCUT2D eigenvalue weighted by Crippen LogP contribution is -2.48. The first-order chi connectivity index (χ1) is 14.9. The SMILES string of the molecule is COC(=O)CN1CCN(c2nc3c(c(=O)[nH]c(=O)n3C)n2Cc2ccc(C)cc2)CC1. The fourth-order valence-corrected chi connectivity index (χ4v) is 3.84. The topological polar surface area (TPSA) is 105 Å². The van der Waals surface area contributed by atoms with Crippen molar-refractivity contribution in [2.45, 2.75) is 13.5 Å². The van der Waals surface area contributed by atoms with Gasteiger partial charge in [0.05, 0.1) is 20.2 Å². The molecule has 0 spiro atoms. The monoisotopic (exact) mass is 426 g/mol. The van der Waals surface area contributed by atoms with Gasteiger partial charge in [0.15, 0.2) is 11.2 Å². The summed E-state index contributed by atoms with van der Waals surface area (Å²) in [6, 6.07) is 8.10. The molecule has 1 aliphatic rings. The van der Waals surface area contributed by atoms with Crippen molar-refractivity contribution in [2.24, 2.45) is 7.05 Å². The fraction of sp³-hybridized carbons (Fsp3) is 0.429. The van der Waals surface area contributed by atoms with Crippen LogP contribution in [0.15, 0.2) is 33.9 Å². The number of anilines is 1. The highest BCUT2D eigenvalue weighted by Gasteiger charge is 2.25. The molecule has 31 heavy (non-hydrogen) atoms. The van der Waals surface area contributed by atoms with Crippen LogP contribution in [0.3, 0.4) is 0 Å². The molecule has 10 nitrogen and oxygen atoms in total. The number of nitrogens with one attached hydrogen (secondary N) is 1.